The second-order valence-corrected chi connectivity index (χ2v) is 5.46. The first-order chi connectivity index (χ1) is 10.2. The molecular formula is C17H14ClFO2. The maximum atomic E-state index is 13.7. The zero-order valence-electron chi connectivity index (χ0n) is 11.4. The van der Waals surface area contributed by atoms with E-state index in [9.17, 15) is 9.18 Å². The number of hydrogen-bond acceptors (Lipinski definition) is 2. The number of Topliss-reactive ketones (excluding diaryl/α,β-unsaturated/α-hetero) is 1. The van der Waals surface area contributed by atoms with Crippen LogP contribution < -0.4 is 4.74 Å². The standard InChI is InChI=1S/C17H14ClFO2/c18-14-6-3-7-15(19)13(14)10-21-17-9-2-4-11-12(17)5-1-8-16(11)20/h2-4,6-7,9H,1,5,8,10H2. The molecule has 0 amide bonds. The van der Waals surface area contributed by atoms with E-state index in [2.05, 4.69) is 0 Å². The van der Waals surface area contributed by atoms with Gasteiger partial charge >= 0.3 is 0 Å². The summed E-state index contributed by atoms with van der Waals surface area (Å²) in [6, 6.07) is 9.97. The van der Waals surface area contributed by atoms with Gasteiger partial charge in [-0.2, -0.15) is 0 Å². The topological polar surface area (TPSA) is 26.3 Å². The predicted octanol–water partition coefficient (Wildman–Crippen LogP) is 4.58. The van der Waals surface area contributed by atoms with Gasteiger partial charge < -0.3 is 4.74 Å². The van der Waals surface area contributed by atoms with Crippen molar-refractivity contribution in [2.24, 2.45) is 0 Å². The van der Waals surface area contributed by atoms with Crippen molar-refractivity contribution in [3.05, 3.63) is 63.9 Å². The average Bonchev–Trinajstić information content (AvgIpc) is 2.47. The van der Waals surface area contributed by atoms with E-state index in [0.29, 0.717) is 22.8 Å². The Bertz CT molecular complexity index is 677. The highest BCUT2D eigenvalue weighted by Gasteiger charge is 2.20. The number of ether oxygens (including phenoxy) is 1. The van der Waals surface area contributed by atoms with Crippen LogP contribution in [0.4, 0.5) is 4.39 Å². The first-order valence-electron chi connectivity index (χ1n) is 6.87. The third-order valence-corrected chi connectivity index (χ3v) is 4.05. The average molecular weight is 305 g/mol. The molecule has 21 heavy (non-hydrogen) atoms. The Morgan fingerprint density at radius 2 is 1.95 bits per heavy atom. The Labute approximate surface area is 127 Å². The maximum Gasteiger partial charge on any atom is 0.163 e. The van der Waals surface area contributed by atoms with E-state index in [1.165, 1.54) is 6.07 Å². The van der Waals surface area contributed by atoms with Crippen LogP contribution >= 0.6 is 11.6 Å². The number of carbonyl (C=O) groups excluding carboxylic acids is 1. The lowest BCUT2D eigenvalue weighted by atomic mass is 9.90. The number of hydrogen-bond donors (Lipinski definition) is 0. The van der Waals surface area contributed by atoms with Crippen LogP contribution in [0.25, 0.3) is 0 Å². The molecule has 0 radical (unpaired) electrons. The van der Waals surface area contributed by atoms with Crippen molar-refractivity contribution in [3.63, 3.8) is 0 Å². The minimum atomic E-state index is -0.386. The Kier molecular flexibility index (Phi) is 3.93. The number of ketones is 1. The molecule has 0 unspecified atom stereocenters. The number of halogens is 2. The highest BCUT2D eigenvalue weighted by atomic mass is 35.5. The number of rotatable bonds is 3. The van der Waals surface area contributed by atoms with Gasteiger partial charge in [0.2, 0.25) is 0 Å². The molecule has 4 heteroatoms. The monoisotopic (exact) mass is 304 g/mol. The smallest absolute Gasteiger partial charge is 0.163 e. The van der Waals surface area contributed by atoms with E-state index in [1.54, 1.807) is 18.2 Å². The summed E-state index contributed by atoms with van der Waals surface area (Å²) < 4.78 is 19.5. The van der Waals surface area contributed by atoms with Crippen molar-refractivity contribution in [2.45, 2.75) is 25.9 Å². The van der Waals surface area contributed by atoms with Crippen LogP contribution in [-0.2, 0) is 13.0 Å². The molecule has 0 aliphatic heterocycles. The van der Waals surface area contributed by atoms with Crippen molar-refractivity contribution in [3.8, 4) is 5.75 Å². The minimum Gasteiger partial charge on any atom is -0.488 e. The number of carbonyl (C=O) groups is 1. The van der Waals surface area contributed by atoms with Gasteiger partial charge in [-0.3, -0.25) is 4.79 Å². The molecule has 3 rings (SSSR count). The van der Waals surface area contributed by atoms with E-state index in [1.807, 2.05) is 12.1 Å². The van der Waals surface area contributed by atoms with Gasteiger partial charge in [-0.15, -0.1) is 0 Å². The molecule has 0 aromatic heterocycles. The van der Waals surface area contributed by atoms with Crippen LogP contribution in [0.3, 0.4) is 0 Å². The molecule has 0 heterocycles. The van der Waals surface area contributed by atoms with Gasteiger partial charge in [0.15, 0.2) is 5.78 Å². The summed E-state index contributed by atoms with van der Waals surface area (Å²) in [6.45, 7) is 0.0517. The zero-order chi connectivity index (χ0) is 14.8. The summed E-state index contributed by atoms with van der Waals surface area (Å²) in [4.78, 5) is 11.9. The van der Waals surface area contributed by atoms with Crippen molar-refractivity contribution in [2.75, 3.05) is 0 Å². The first-order valence-corrected chi connectivity index (χ1v) is 7.25. The van der Waals surface area contributed by atoms with Crippen LogP contribution in [0.1, 0.15) is 34.3 Å². The van der Waals surface area contributed by atoms with Gasteiger partial charge in [-0.1, -0.05) is 29.8 Å². The fourth-order valence-electron chi connectivity index (χ4n) is 2.60. The van der Waals surface area contributed by atoms with E-state index in [0.717, 1.165) is 24.0 Å². The fraction of sp³-hybridized carbons (Fsp3) is 0.235. The lowest BCUT2D eigenvalue weighted by Crippen LogP contribution is -2.12. The van der Waals surface area contributed by atoms with Crippen molar-refractivity contribution in [1.82, 2.24) is 0 Å². The van der Waals surface area contributed by atoms with Crippen LogP contribution in [0.2, 0.25) is 5.02 Å². The third kappa shape index (κ3) is 2.79. The molecule has 0 spiro atoms. The van der Waals surface area contributed by atoms with E-state index < -0.39 is 0 Å². The number of benzene rings is 2. The Balaban J connectivity index is 1.86. The number of fused-ring (bicyclic) bond motifs is 1. The summed E-state index contributed by atoms with van der Waals surface area (Å²) in [5.41, 5.74) is 1.97. The summed E-state index contributed by atoms with van der Waals surface area (Å²) in [6.07, 6.45) is 2.21. The van der Waals surface area contributed by atoms with Crippen LogP contribution in [0, 0.1) is 5.82 Å². The largest absolute Gasteiger partial charge is 0.488 e. The molecule has 2 aromatic rings. The van der Waals surface area contributed by atoms with Crippen LogP contribution in [0.15, 0.2) is 36.4 Å². The van der Waals surface area contributed by atoms with Gasteiger partial charge in [-0.05, 0) is 31.0 Å². The molecule has 0 fully saturated rings. The molecule has 1 aliphatic rings. The predicted molar refractivity (Wildman–Crippen MR) is 79.5 cm³/mol. The lowest BCUT2D eigenvalue weighted by Gasteiger charge is -2.19. The van der Waals surface area contributed by atoms with Crippen LogP contribution in [0.5, 0.6) is 5.75 Å². The Hall–Kier alpha value is -1.87. The fourth-order valence-corrected chi connectivity index (χ4v) is 2.82. The normalized spacial score (nSPS) is 13.9. The van der Waals surface area contributed by atoms with Crippen molar-refractivity contribution < 1.29 is 13.9 Å². The molecule has 0 atom stereocenters. The second kappa shape index (κ2) is 5.86. The highest BCUT2D eigenvalue weighted by Crippen LogP contribution is 2.30. The summed E-state index contributed by atoms with van der Waals surface area (Å²) in [5.74, 6) is 0.397. The molecule has 2 aromatic carbocycles. The molecule has 0 saturated carbocycles. The Morgan fingerprint density at radius 1 is 1.14 bits per heavy atom. The second-order valence-electron chi connectivity index (χ2n) is 5.05. The zero-order valence-corrected chi connectivity index (χ0v) is 12.1. The van der Waals surface area contributed by atoms with Gasteiger partial charge in [0.1, 0.15) is 18.2 Å². The molecule has 0 saturated heterocycles. The SMILES string of the molecule is O=C1CCCc2c(OCc3c(F)cccc3Cl)cccc21. The maximum absolute atomic E-state index is 13.7. The molecule has 2 nitrogen and oxygen atoms in total. The minimum absolute atomic E-state index is 0.0517. The van der Waals surface area contributed by atoms with Gasteiger partial charge in [-0.25, -0.2) is 4.39 Å². The third-order valence-electron chi connectivity index (χ3n) is 3.70. The van der Waals surface area contributed by atoms with E-state index in [-0.39, 0.29) is 18.2 Å². The molecule has 108 valence electrons. The molecular weight excluding hydrogens is 291 g/mol. The van der Waals surface area contributed by atoms with Gasteiger partial charge in [0, 0.05) is 23.1 Å². The van der Waals surface area contributed by atoms with Gasteiger partial charge in [0.05, 0.1) is 5.02 Å². The first kappa shape index (κ1) is 14.1. The van der Waals surface area contributed by atoms with E-state index >= 15 is 0 Å². The van der Waals surface area contributed by atoms with Crippen molar-refractivity contribution in [1.29, 1.82) is 0 Å². The Morgan fingerprint density at radius 3 is 2.76 bits per heavy atom. The van der Waals surface area contributed by atoms with Crippen LogP contribution in [-0.4, -0.2) is 5.78 Å². The summed E-state index contributed by atoms with van der Waals surface area (Å²) in [5, 5.41) is 0.343. The quantitative estimate of drug-likeness (QED) is 0.830. The molecule has 1 aliphatic carbocycles. The summed E-state index contributed by atoms with van der Waals surface area (Å²) in [7, 11) is 0. The molecule has 0 N–H and O–H groups in total. The lowest BCUT2D eigenvalue weighted by molar-refractivity contribution is 0.0971. The molecule has 0 bridgehead atoms. The van der Waals surface area contributed by atoms with Gasteiger partial charge in [0.25, 0.3) is 0 Å². The highest BCUT2D eigenvalue weighted by molar-refractivity contribution is 6.31. The summed E-state index contributed by atoms with van der Waals surface area (Å²) >= 11 is 5.99. The van der Waals surface area contributed by atoms with E-state index in [4.69, 9.17) is 16.3 Å². The van der Waals surface area contributed by atoms with Crippen molar-refractivity contribution >= 4 is 17.4 Å².